The first kappa shape index (κ1) is 16.0. The highest BCUT2D eigenvalue weighted by molar-refractivity contribution is 5.94. The van der Waals surface area contributed by atoms with Gasteiger partial charge in [0.05, 0.1) is 0 Å². The molecule has 3 nitrogen and oxygen atoms in total. The van der Waals surface area contributed by atoms with Crippen molar-refractivity contribution >= 4 is 5.91 Å². The van der Waals surface area contributed by atoms with Crippen LogP contribution >= 0.6 is 0 Å². The lowest BCUT2D eigenvalue weighted by molar-refractivity contribution is 0.0666. The van der Waals surface area contributed by atoms with E-state index in [4.69, 9.17) is 0 Å². The van der Waals surface area contributed by atoms with Gasteiger partial charge in [-0.15, -0.1) is 0 Å². The van der Waals surface area contributed by atoms with Crippen LogP contribution in [-0.2, 0) is 0 Å². The highest BCUT2D eigenvalue weighted by atomic mass is 16.2. The second-order valence-electron chi connectivity index (χ2n) is 6.63. The summed E-state index contributed by atoms with van der Waals surface area (Å²) >= 11 is 0. The lowest BCUT2D eigenvalue weighted by Crippen LogP contribution is -2.42. The molecule has 116 valence electrons. The zero-order valence-corrected chi connectivity index (χ0v) is 13.8. The first-order chi connectivity index (χ1) is 9.97. The van der Waals surface area contributed by atoms with E-state index >= 15 is 0 Å². The quantitative estimate of drug-likeness (QED) is 0.849. The number of rotatable bonds is 4. The fourth-order valence-corrected chi connectivity index (χ4v) is 2.82. The standard InChI is InChI=1S/C18H28N2O/c1-14(2)19(4)13-16-9-11-20(12-10-16)18(21)17-7-5-15(3)6-8-17/h5-8,14,16H,9-13H2,1-4H3. The third-order valence-electron chi connectivity index (χ3n) is 4.63. The number of likely N-dealkylation sites (tertiary alicyclic amines) is 1. The van der Waals surface area contributed by atoms with E-state index in [0.29, 0.717) is 6.04 Å². The lowest BCUT2D eigenvalue weighted by atomic mass is 9.95. The predicted molar refractivity (Wildman–Crippen MR) is 87.6 cm³/mol. The Kier molecular flexibility index (Phi) is 5.40. The van der Waals surface area contributed by atoms with Gasteiger partial charge in [-0.25, -0.2) is 0 Å². The van der Waals surface area contributed by atoms with E-state index in [0.717, 1.165) is 44.0 Å². The molecule has 1 aromatic carbocycles. The average molecular weight is 288 g/mol. The van der Waals surface area contributed by atoms with Gasteiger partial charge in [-0.1, -0.05) is 17.7 Å². The van der Waals surface area contributed by atoms with E-state index in [1.165, 1.54) is 5.56 Å². The number of carbonyl (C=O) groups excluding carboxylic acids is 1. The Morgan fingerprint density at radius 1 is 1.24 bits per heavy atom. The second-order valence-corrected chi connectivity index (χ2v) is 6.63. The van der Waals surface area contributed by atoms with E-state index in [2.05, 4.69) is 25.8 Å². The van der Waals surface area contributed by atoms with E-state index in [1.807, 2.05) is 36.1 Å². The van der Waals surface area contributed by atoms with Crippen LogP contribution in [0.1, 0.15) is 42.6 Å². The molecule has 0 radical (unpaired) electrons. The molecule has 0 atom stereocenters. The average Bonchev–Trinajstić information content (AvgIpc) is 2.48. The summed E-state index contributed by atoms with van der Waals surface area (Å²) in [5.74, 6) is 0.908. The molecule has 0 unspecified atom stereocenters. The summed E-state index contributed by atoms with van der Waals surface area (Å²) in [6.45, 7) is 9.44. The molecule has 0 aromatic heterocycles. The fraction of sp³-hybridized carbons (Fsp3) is 0.611. The topological polar surface area (TPSA) is 23.6 Å². The Balaban J connectivity index is 1.86. The summed E-state index contributed by atoms with van der Waals surface area (Å²) < 4.78 is 0. The van der Waals surface area contributed by atoms with Crippen LogP contribution in [-0.4, -0.2) is 48.4 Å². The fourth-order valence-electron chi connectivity index (χ4n) is 2.82. The molecule has 0 N–H and O–H groups in total. The molecule has 2 rings (SSSR count). The molecule has 1 aliphatic heterocycles. The molecule has 1 fully saturated rings. The molecule has 3 heteroatoms. The van der Waals surface area contributed by atoms with Crippen LogP contribution in [0.4, 0.5) is 0 Å². The van der Waals surface area contributed by atoms with Gasteiger partial charge in [0.2, 0.25) is 0 Å². The minimum absolute atomic E-state index is 0.186. The van der Waals surface area contributed by atoms with Crippen molar-refractivity contribution in [2.75, 3.05) is 26.7 Å². The lowest BCUT2D eigenvalue weighted by Gasteiger charge is -2.35. The van der Waals surface area contributed by atoms with Crippen molar-refractivity contribution in [1.82, 2.24) is 9.80 Å². The number of carbonyl (C=O) groups is 1. The van der Waals surface area contributed by atoms with Crippen molar-refractivity contribution in [3.05, 3.63) is 35.4 Å². The summed E-state index contributed by atoms with van der Waals surface area (Å²) in [4.78, 5) is 16.9. The van der Waals surface area contributed by atoms with Crippen molar-refractivity contribution < 1.29 is 4.79 Å². The molecule has 1 aromatic rings. The first-order valence-corrected chi connectivity index (χ1v) is 8.03. The monoisotopic (exact) mass is 288 g/mol. The van der Waals surface area contributed by atoms with E-state index in [1.54, 1.807) is 0 Å². The Labute approximate surface area is 128 Å². The van der Waals surface area contributed by atoms with Crippen LogP contribution in [0.5, 0.6) is 0 Å². The highest BCUT2D eigenvalue weighted by Crippen LogP contribution is 2.20. The number of benzene rings is 1. The van der Waals surface area contributed by atoms with Gasteiger partial charge in [0.15, 0.2) is 0 Å². The number of aryl methyl sites for hydroxylation is 1. The smallest absolute Gasteiger partial charge is 0.253 e. The molecule has 1 saturated heterocycles. The number of piperidine rings is 1. The second kappa shape index (κ2) is 7.08. The minimum Gasteiger partial charge on any atom is -0.339 e. The van der Waals surface area contributed by atoms with Gasteiger partial charge in [0.1, 0.15) is 0 Å². The van der Waals surface area contributed by atoms with Crippen LogP contribution in [0.15, 0.2) is 24.3 Å². The predicted octanol–water partition coefficient (Wildman–Crippen LogP) is 3.19. The summed E-state index contributed by atoms with van der Waals surface area (Å²) in [5.41, 5.74) is 2.01. The summed E-state index contributed by atoms with van der Waals surface area (Å²) in [5, 5.41) is 0. The van der Waals surface area contributed by atoms with Gasteiger partial charge in [-0.2, -0.15) is 0 Å². The molecular formula is C18H28N2O. The molecule has 0 spiro atoms. The number of amides is 1. The van der Waals surface area contributed by atoms with E-state index < -0.39 is 0 Å². The Hall–Kier alpha value is -1.35. The van der Waals surface area contributed by atoms with Gasteiger partial charge in [-0.3, -0.25) is 4.79 Å². The minimum atomic E-state index is 0.186. The zero-order valence-electron chi connectivity index (χ0n) is 13.8. The molecular weight excluding hydrogens is 260 g/mol. The van der Waals surface area contributed by atoms with Gasteiger partial charge < -0.3 is 9.80 Å². The van der Waals surface area contributed by atoms with Crippen LogP contribution in [0.25, 0.3) is 0 Å². The van der Waals surface area contributed by atoms with Gasteiger partial charge >= 0.3 is 0 Å². The van der Waals surface area contributed by atoms with Crippen molar-refractivity contribution in [1.29, 1.82) is 0 Å². The third-order valence-corrected chi connectivity index (χ3v) is 4.63. The molecule has 0 bridgehead atoms. The summed E-state index contributed by atoms with van der Waals surface area (Å²) in [6, 6.07) is 8.50. The molecule has 0 saturated carbocycles. The molecule has 1 amide bonds. The van der Waals surface area contributed by atoms with E-state index in [9.17, 15) is 4.79 Å². The van der Waals surface area contributed by atoms with Crippen LogP contribution in [0.2, 0.25) is 0 Å². The molecule has 21 heavy (non-hydrogen) atoms. The largest absolute Gasteiger partial charge is 0.339 e. The normalized spacial score (nSPS) is 16.8. The van der Waals surface area contributed by atoms with Crippen molar-refractivity contribution in [2.45, 2.75) is 39.7 Å². The highest BCUT2D eigenvalue weighted by Gasteiger charge is 2.24. The molecule has 1 aliphatic rings. The third kappa shape index (κ3) is 4.31. The Morgan fingerprint density at radius 2 is 1.81 bits per heavy atom. The van der Waals surface area contributed by atoms with Gasteiger partial charge in [-0.05, 0) is 58.7 Å². The first-order valence-electron chi connectivity index (χ1n) is 8.03. The molecule has 0 aliphatic carbocycles. The van der Waals surface area contributed by atoms with Crippen LogP contribution < -0.4 is 0 Å². The van der Waals surface area contributed by atoms with Crippen molar-refractivity contribution in [3.63, 3.8) is 0 Å². The summed E-state index contributed by atoms with van der Waals surface area (Å²) in [6.07, 6.45) is 2.24. The van der Waals surface area contributed by atoms with E-state index in [-0.39, 0.29) is 5.91 Å². The molecule has 1 heterocycles. The maximum Gasteiger partial charge on any atom is 0.253 e. The van der Waals surface area contributed by atoms with Crippen LogP contribution in [0, 0.1) is 12.8 Å². The Morgan fingerprint density at radius 3 is 2.33 bits per heavy atom. The van der Waals surface area contributed by atoms with Crippen molar-refractivity contribution in [3.8, 4) is 0 Å². The van der Waals surface area contributed by atoms with Gasteiger partial charge in [0.25, 0.3) is 5.91 Å². The SMILES string of the molecule is Cc1ccc(C(=O)N2CCC(CN(C)C(C)C)CC2)cc1. The number of hydrogen-bond donors (Lipinski definition) is 0. The number of hydrogen-bond acceptors (Lipinski definition) is 2. The number of nitrogens with zero attached hydrogens (tertiary/aromatic N) is 2. The van der Waals surface area contributed by atoms with Crippen LogP contribution in [0.3, 0.4) is 0 Å². The summed E-state index contributed by atoms with van der Waals surface area (Å²) in [7, 11) is 2.19. The van der Waals surface area contributed by atoms with Crippen molar-refractivity contribution in [2.24, 2.45) is 5.92 Å². The maximum absolute atomic E-state index is 12.5. The maximum atomic E-state index is 12.5. The van der Waals surface area contributed by atoms with Gasteiger partial charge in [0, 0.05) is 31.2 Å². The zero-order chi connectivity index (χ0) is 15.4. The Bertz CT molecular complexity index is 459.